The summed E-state index contributed by atoms with van der Waals surface area (Å²) in [5.74, 6) is -8.32. The minimum atomic E-state index is -1.36. The first-order chi connectivity index (χ1) is 36.3. The fourth-order valence-electron chi connectivity index (χ4n) is 7.86. The van der Waals surface area contributed by atoms with Crippen LogP contribution in [-0.4, -0.2) is 85.1 Å². The Morgan fingerprint density at radius 1 is 0.494 bits per heavy atom. The molecule has 0 amide bonds. The molecule has 0 radical (unpaired) electrons. The van der Waals surface area contributed by atoms with Crippen molar-refractivity contribution in [3.8, 4) is 0 Å². The first-order valence-corrected chi connectivity index (χ1v) is 26.3. The van der Waals surface area contributed by atoms with Crippen LogP contribution < -0.4 is 0 Å². The van der Waals surface area contributed by atoms with Crippen molar-refractivity contribution < 1.29 is 124 Å². The molecule has 3 saturated carbocycles. The molecule has 1 unspecified atom stereocenters. The number of hydrogen-bond donors (Lipinski definition) is 5. The minimum absolute atomic E-state index is 0.225. The van der Waals surface area contributed by atoms with E-state index in [1.165, 1.54) is 41.5 Å². The highest BCUT2D eigenvalue weighted by Gasteiger charge is 2.43. The van der Waals surface area contributed by atoms with Gasteiger partial charge >= 0.3 is 29.8 Å². The quantitative estimate of drug-likeness (QED) is 0.0278. The van der Waals surface area contributed by atoms with Crippen molar-refractivity contribution in [1.29, 1.82) is 0 Å². The lowest BCUT2D eigenvalue weighted by atomic mass is 9.71. The number of aryl methyl sites for hydroxylation is 1. The maximum Gasteiger partial charge on any atom is 0.339 e. The number of carbonyl (C=O) groups is 5. The molecule has 77 heavy (non-hydrogen) atoms. The third kappa shape index (κ3) is 32.6. The van der Waals surface area contributed by atoms with Gasteiger partial charge < -0.3 is 0 Å². The molecule has 3 aliphatic carbocycles. The van der Waals surface area contributed by atoms with Crippen LogP contribution in [0.4, 0.5) is 0 Å². The maximum absolute atomic E-state index is 10.7. The monoisotopic (exact) mass is 1110 g/mol. The molecule has 4 rings (SSSR count). The Balaban J connectivity index is 0.000000941. The summed E-state index contributed by atoms with van der Waals surface area (Å²) >= 11 is 0. The Morgan fingerprint density at radius 2 is 0.857 bits per heavy atom. The third-order valence-corrected chi connectivity index (χ3v) is 12.4. The number of rotatable bonds is 24. The van der Waals surface area contributed by atoms with Crippen LogP contribution in [0.5, 0.6) is 0 Å². The molecule has 3 aliphatic rings. The highest BCUT2D eigenvalue weighted by Crippen LogP contribution is 2.43. The molecule has 25 nitrogen and oxygen atoms in total. The zero-order valence-corrected chi connectivity index (χ0v) is 47.1. The van der Waals surface area contributed by atoms with Crippen molar-refractivity contribution in [1.82, 2.24) is 0 Å². The molecule has 1 aromatic carbocycles. The fourth-order valence-corrected chi connectivity index (χ4v) is 7.86. The first-order valence-electron chi connectivity index (χ1n) is 26.3. The fraction of sp³-hybridized carbons (Fsp3) is 0.788. The molecule has 0 saturated heterocycles. The second kappa shape index (κ2) is 39.4. The van der Waals surface area contributed by atoms with Crippen molar-refractivity contribution >= 4 is 29.8 Å². The third-order valence-electron chi connectivity index (χ3n) is 12.4. The first kappa shape index (κ1) is 73.0. The van der Waals surface area contributed by atoms with E-state index in [1.807, 2.05) is 44.2 Å². The van der Waals surface area contributed by atoms with Crippen LogP contribution in [0.1, 0.15) is 223 Å². The van der Waals surface area contributed by atoms with Crippen LogP contribution in [0, 0.1) is 11.3 Å². The van der Waals surface area contributed by atoms with E-state index in [0.29, 0.717) is 70.1 Å². The van der Waals surface area contributed by atoms with Crippen LogP contribution in [0.15, 0.2) is 30.3 Å². The summed E-state index contributed by atoms with van der Waals surface area (Å²) in [6.07, 6.45) is 17.2. The van der Waals surface area contributed by atoms with E-state index in [4.69, 9.17) is 50.7 Å². The second-order valence-corrected chi connectivity index (χ2v) is 20.3. The van der Waals surface area contributed by atoms with Gasteiger partial charge in [0, 0.05) is 92.4 Å². The van der Waals surface area contributed by atoms with Gasteiger partial charge in [0.25, 0.3) is 0 Å². The minimum Gasteiger partial charge on any atom is -0.296 e. The van der Waals surface area contributed by atoms with Crippen molar-refractivity contribution in [2.75, 3.05) is 0 Å². The van der Waals surface area contributed by atoms with E-state index in [0.717, 1.165) is 89.0 Å². The molecule has 0 aliphatic heterocycles. The van der Waals surface area contributed by atoms with Gasteiger partial charge in [0.05, 0.1) is 0 Å². The summed E-state index contributed by atoms with van der Waals surface area (Å²) < 4.78 is 0. The zero-order valence-electron chi connectivity index (χ0n) is 47.1. The molecule has 0 aromatic heterocycles. The van der Waals surface area contributed by atoms with E-state index in [2.05, 4.69) is 69.6 Å². The molecule has 0 spiro atoms. The van der Waals surface area contributed by atoms with Crippen LogP contribution in [0.25, 0.3) is 0 Å². The molecular weight excluding hydrogens is 1020 g/mol. The lowest BCUT2D eigenvalue weighted by Crippen LogP contribution is -2.41. The Kier molecular flexibility index (Phi) is 37.3. The van der Waals surface area contributed by atoms with Crippen LogP contribution in [0.3, 0.4) is 0 Å². The van der Waals surface area contributed by atoms with E-state index in [1.54, 1.807) is 0 Å². The lowest BCUT2D eigenvalue weighted by Gasteiger charge is -2.40. The summed E-state index contributed by atoms with van der Waals surface area (Å²) in [5, 5.41) is 44.0. The van der Waals surface area contributed by atoms with E-state index in [-0.39, 0.29) is 5.41 Å². The Morgan fingerprint density at radius 3 is 1.18 bits per heavy atom. The Bertz CT molecular complexity index is 1730. The second-order valence-electron chi connectivity index (χ2n) is 20.3. The number of benzene rings is 1. The van der Waals surface area contributed by atoms with Gasteiger partial charge in [-0.25, -0.2) is 50.3 Å². The number of unbranched alkanes of at least 4 members (excludes halogenated alkanes) is 2. The van der Waals surface area contributed by atoms with Crippen LogP contribution in [-0.2, 0) is 104 Å². The van der Waals surface area contributed by atoms with Gasteiger partial charge in [-0.15, -0.1) is 24.4 Å². The van der Waals surface area contributed by atoms with Crippen molar-refractivity contribution in [2.24, 2.45) is 11.3 Å². The van der Waals surface area contributed by atoms with E-state index in [9.17, 15) is 24.0 Å². The SMILES string of the molecule is CC(=O)OOC(C)(CCc1ccccc1)OO.CC(=O)OOC1(OO)CCC(C(C)(C)C)CC1.CC(=O)OOC1(OO)CCCCC1.CC(=O)OOC1(OO)CCCCCC1.CCCCC(CCCC)(OO)OOC(C)=O. The molecule has 25 heteroatoms. The summed E-state index contributed by atoms with van der Waals surface area (Å²) in [7, 11) is 0. The summed E-state index contributed by atoms with van der Waals surface area (Å²) in [6, 6.07) is 9.65. The molecule has 0 heterocycles. The van der Waals surface area contributed by atoms with Gasteiger partial charge in [-0.1, -0.05) is 97.1 Å². The van der Waals surface area contributed by atoms with Gasteiger partial charge in [0.2, 0.25) is 28.9 Å². The number of carbonyl (C=O) groups excluding carboxylic acids is 5. The molecule has 1 aromatic rings. The average Bonchev–Trinajstić information content (AvgIpc) is 3.67. The Hall–Kier alpha value is -4.03. The normalized spacial score (nSPS) is 19.6. The smallest absolute Gasteiger partial charge is 0.296 e. The summed E-state index contributed by atoms with van der Waals surface area (Å²) in [4.78, 5) is 121. The molecular formula is C52H90O25. The topological polar surface area (TPSA) is 325 Å². The van der Waals surface area contributed by atoms with Gasteiger partial charge in [-0.2, -0.15) is 24.4 Å². The zero-order chi connectivity index (χ0) is 58.4. The van der Waals surface area contributed by atoms with Gasteiger partial charge in [-0.05, 0) is 81.6 Å². The molecule has 448 valence electrons. The van der Waals surface area contributed by atoms with Gasteiger partial charge in [0.1, 0.15) is 0 Å². The van der Waals surface area contributed by atoms with Gasteiger partial charge in [-0.3, -0.25) is 24.4 Å². The standard InChI is InChI=1S/C12H22O5.C12H16O5.C11H22O5.C9H16O5.C8H14O5/c1-9(13)15-17-12(16-14)7-5-10(6-8-12)11(2,3)4;1-10(13)15-17-12(2,16-14)9-8-11-6-4-3-5-7-11;1-4-6-8-11(15-13,9-7-5-2)16-14-10(3)12;1-8(10)12-14-9(13-11)6-4-2-3-5-7-9;1-7(9)11-13-8(12-10)5-3-2-4-6-8/h10,14H,5-8H2,1-4H3;3-7,14H,8-9H2,1-2H3;13H,4-9H2,1-3H3;11H,2-7H2,1H3;10H,2-6H2,1H3. The van der Waals surface area contributed by atoms with Crippen molar-refractivity contribution in [2.45, 2.75) is 253 Å². The predicted molar refractivity (Wildman–Crippen MR) is 268 cm³/mol. The van der Waals surface area contributed by atoms with Gasteiger partial charge in [0.15, 0.2) is 0 Å². The molecule has 1 atom stereocenters. The summed E-state index contributed by atoms with van der Waals surface area (Å²) in [6.45, 7) is 18.3. The maximum atomic E-state index is 10.7. The highest BCUT2D eigenvalue weighted by atomic mass is 17.3. The largest absolute Gasteiger partial charge is 0.339 e. The predicted octanol–water partition coefficient (Wildman–Crippen LogP) is 11.9. The molecule has 0 bridgehead atoms. The van der Waals surface area contributed by atoms with Crippen LogP contribution >= 0.6 is 0 Å². The Labute approximate surface area is 452 Å². The van der Waals surface area contributed by atoms with E-state index >= 15 is 0 Å². The van der Waals surface area contributed by atoms with E-state index < -0.39 is 58.8 Å². The number of hydrogen-bond acceptors (Lipinski definition) is 25. The lowest BCUT2D eigenvalue weighted by molar-refractivity contribution is -0.491. The average molecular weight is 1120 g/mol. The molecule has 5 N–H and O–H groups in total. The molecule has 3 fully saturated rings. The summed E-state index contributed by atoms with van der Waals surface area (Å²) in [5.41, 5.74) is 1.30. The van der Waals surface area contributed by atoms with Crippen molar-refractivity contribution in [3.63, 3.8) is 0 Å². The van der Waals surface area contributed by atoms with Crippen LogP contribution in [0.2, 0.25) is 0 Å². The highest BCUT2D eigenvalue weighted by molar-refractivity contribution is 5.66. The van der Waals surface area contributed by atoms with Crippen molar-refractivity contribution in [3.05, 3.63) is 35.9 Å².